The van der Waals surface area contributed by atoms with Crippen LogP contribution in [-0.2, 0) is 6.54 Å². The van der Waals surface area contributed by atoms with Gasteiger partial charge < -0.3 is 32.1 Å². The molecule has 0 aliphatic rings. The lowest BCUT2D eigenvalue weighted by Crippen LogP contribution is -2.35. The molecule has 0 fully saturated rings. The molecule has 6 nitrogen and oxygen atoms in total. The van der Waals surface area contributed by atoms with Crippen molar-refractivity contribution in [2.75, 3.05) is 52.4 Å². The summed E-state index contributed by atoms with van der Waals surface area (Å²) >= 11 is 0. The number of phenols is 1. The summed E-state index contributed by atoms with van der Waals surface area (Å²) < 4.78 is 0. The molecule has 0 spiro atoms. The van der Waals surface area contributed by atoms with Crippen molar-refractivity contribution in [1.82, 2.24) is 21.3 Å². The molecule has 132 valence electrons. The molecule has 7 N–H and O–H groups in total. The molecule has 0 aromatic heterocycles. The second-order valence-electron chi connectivity index (χ2n) is 5.72. The quantitative estimate of drug-likeness (QED) is 0.282. The van der Waals surface area contributed by atoms with Crippen LogP contribution < -0.4 is 27.0 Å². The monoisotopic (exact) mass is 323 g/mol. The van der Waals surface area contributed by atoms with Gasteiger partial charge in [0.2, 0.25) is 0 Å². The van der Waals surface area contributed by atoms with Crippen LogP contribution in [0.5, 0.6) is 5.75 Å². The van der Waals surface area contributed by atoms with E-state index in [4.69, 9.17) is 5.73 Å². The molecule has 0 heterocycles. The van der Waals surface area contributed by atoms with Crippen molar-refractivity contribution in [2.24, 2.45) is 5.73 Å². The van der Waals surface area contributed by atoms with Crippen molar-refractivity contribution >= 4 is 0 Å². The summed E-state index contributed by atoms with van der Waals surface area (Å²) in [6.45, 7) is 12.0. The van der Waals surface area contributed by atoms with Gasteiger partial charge in [0, 0.05) is 64.5 Å². The SMILES string of the molecule is Cc1ccc(O)c(CNCCNCCNCCNCCN)c1C. The van der Waals surface area contributed by atoms with Crippen molar-refractivity contribution < 1.29 is 5.11 Å². The average Bonchev–Trinajstić information content (AvgIpc) is 2.55. The highest BCUT2D eigenvalue weighted by Crippen LogP contribution is 2.23. The number of nitrogens with one attached hydrogen (secondary N) is 4. The largest absolute Gasteiger partial charge is 0.508 e. The Morgan fingerprint density at radius 1 is 0.826 bits per heavy atom. The third-order valence-corrected chi connectivity index (χ3v) is 3.90. The van der Waals surface area contributed by atoms with E-state index >= 15 is 0 Å². The zero-order chi connectivity index (χ0) is 16.9. The molecule has 0 saturated heterocycles. The highest BCUT2D eigenvalue weighted by molar-refractivity contribution is 5.43. The van der Waals surface area contributed by atoms with Gasteiger partial charge in [-0.1, -0.05) is 6.07 Å². The Balaban J connectivity index is 1.99. The first kappa shape index (κ1) is 19.9. The van der Waals surface area contributed by atoms with Crippen LogP contribution in [0.25, 0.3) is 0 Å². The zero-order valence-corrected chi connectivity index (χ0v) is 14.5. The lowest BCUT2D eigenvalue weighted by Gasteiger charge is -2.12. The molecule has 0 saturated carbocycles. The van der Waals surface area contributed by atoms with Gasteiger partial charge in [0.05, 0.1) is 0 Å². The number of hydrogen-bond acceptors (Lipinski definition) is 6. The Morgan fingerprint density at radius 2 is 1.35 bits per heavy atom. The maximum absolute atomic E-state index is 9.92. The molecule has 23 heavy (non-hydrogen) atoms. The highest BCUT2D eigenvalue weighted by atomic mass is 16.3. The van der Waals surface area contributed by atoms with Crippen LogP contribution in [0.2, 0.25) is 0 Å². The minimum atomic E-state index is 0.376. The minimum absolute atomic E-state index is 0.376. The fourth-order valence-electron chi connectivity index (χ4n) is 2.30. The van der Waals surface area contributed by atoms with Gasteiger partial charge in [0.1, 0.15) is 5.75 Å². The number of benzene rings is 1. The van der Waals surface area contributed by atoms with E-state index in [1.807, 2.05) is 6.07 Å². The Labute approximate surface area is 140 Å². The molecular weight excluding hydrogens is 290 g/mol. The van der Waals surface area contributed by atoms with E-state index in [0.29, 0.717) is 18.8 Å². The molecule has 0 atom stereocenters. The fourth-order valence-corrected chi connectivity index (χ4v) is 2.30. The van der Waals surface area contributed by atoms with Crippen LogP contribution in [0.1, 0.15) is 16.7 Å². The van der Waals surface area contributed by atoms with Crippen LogP contribution in [-0.4, -0.2) is 57.5 Å². The first-order valence-electron chi connectivity index (χ1n) is 8.47. The molecule has 6 heteroatoms. The van der Waals surface area contributed by atoms with Crippen LogP contribution in [0.4, 0.5) is 0 Å². The lowest BCUT2D eigenvalue weighted by molar-refractivity contribution is 0.463. The van der Waals surface area contributed by atoms with E-state index in [1.54, 1.807) is 6.07 Å². The molecule has 0 amide bonds. The molecule has 1 aromatic carbocycles. The van der Waals surface area contributed by atoms with E-state index in [9.17, 15) is 5.11 Å². The van der Waals surface area contributed by atoms with Crippen molar-refractivity contribution in [3.05, 3.63) is 28.8 Å². The van der Waals surface area contributed by atoms with E-state index in [2.05, 4.69) is 35.1 Å². The van der Waals surface area contributed by atoms with Gasteiger partial charge in [-0.2, -0.15) is 0 Å². The topological polar surface area (TPSA) is 94.4 Å². The summed E-state index contributed by atoms with van der Waals surface area (Å²) in [5.74, 6) is 0.376. The molecule has 0 aliphatic carbocycles. The zero-order valence-electron chi connectivity index (χ0n) is 14.5. The summed E-state index contributed by atoms with van der Waals surface area (Å²) in [6, 6.07) is 3.72. The van der Waals surface area contributed by atoms with Gasteiger partial charge in [-0.3, -0.25) is 0 Å². The summed E-state index contributed by atoms with van der Waals surface area (Å²) in [7, 11) is 0. The average molecular weight is 323 g/mol. The standard InChI is InChI=1S/C17H33N5O/c1-14-3-4-17(23)16(15(14)2)13-22-12-11-21-10-9-20-8-7-19-6-5-18/h3-4,19-23H,5-13,18H2,1-2H3. The van der Waals surface area contributed by atoms with Crippen molar-refractivity contribution in [1.29, 1.82) is 0 Å². The second-order valence-corrected chi connectivity index (χ2v) is 5.72. The lowest BCUT2D eigenvalue weighted by atomic mass is 10.0. The second kappa shape index (κ2) is 12.3. The number of rotatable bonds is 13. The molecule has 0 aliphatic heterocycles. The van der Waals surface area contributed by atoms with Crippen molar-refractivity contribution in [3.8, 4) is 5.75 Å². The number of aryl methyl sites for hydroxylation is 1. The Hall–Kier alpha value is -1.18. The van der Waals surface area contributed by atoms with Gasteiger partial charge in [0.15, 0.2) is 0 Å². The molecule has 1 rings (SSSR count). The third-order valence-electron chi connectivity index (χ3n) is 3.90. The van der Waals surface area contributed by atoms with Crippen LogP contribution in [0.3, 0.4) is 0 Å². The highest BCUT2D eigenvalue weighted by Gasteiger charge is 2.06. The van der Waals surface area contributed by atoms with Gasteiger partial charge in [0.25, 0.3) is 0 Å². The Kier molecular flexibility index (Phi) is 10.6. The maximum atomic E-state index is 9.92. The van der Waals surface area contributed by atoms with Gasteiger partial charge in [-0.05, 0) is 31.0 Å². The molecule has 0 radical (unpaired) electrons. The minimum Gasteiger partial charge on any atom is -0.508 e. The summed E-state index contributed by atoms with van der Waals surface area (Å²) in [4.78, 5) is 0. The smallest absolute Gasteiger partial charge is 0.120 e. The van der Waals surface area contributed by atoms with Gasteiger partial charge >= 0.3 is 0 Å². The summed E-state index contributed by atoms with van der Waals surface area (Å²) in [5.41, 5.74) is 8.77. The molecular formula is C17H33N5O. The molecule has 0 unspecified atom stereocenters. The summed E-state index contributed by atoms with van der Waals surface area (Å²) in [5, 5.41) is 23.3. The van der Waals surface area contributed by atoms with Crippen molar-refractivity contribution in [3.63, 3.8) is 0 Å². The Bertz CT molecular complexity index is 439. The fraction of sp³-hybridized carbons (Fsp3) is 0.647. The van der Waals surface area contributed by atoms with E-state index in [1.165, 1.54) is 5.56 Å². The number of hydrogen-bond donors (Lipinski definition) is 6. The summed E-state index contributed by atoms with van der Waals surface area (Å²) in [6.07, 6.45) is 0. The van der Waals surface area contributed by atoms with E-state index in [-0.39, 0.29) is 0 Å². The van der Waals surface area contributed by atoms with E-state index in [0.717, 1.165) is 56.9 Å². The number of phenolic OH excluding ortho intramolecular Hbond substituents is 1. The third kappa shape index (κ3) is 8.29. The predicted octanol–water partition coefficient (Wildman–Crippen LogP) is -0.174. The van der Waals surface area contributed by atoms with Crippen LogP contribution in [0.15, 0.2) is 12.1 Å². The molecule has 1 aromatic rings. The van der Waals surface area contributed by atoms with E-state index < -0.39 is 0 Å². The van der Waals surface area contributed by atoms with Crippen LogP contribution in [0, 0.1) is 13.8 Å². The number of aromatic hydroxyl groups is 1. The number of nitrogens with two attached hydrogens (primary N) is 1. The van der Waals surface area contributed by atoms with Crippen molar-refractivity contribution in [2.45, 2.75) is 20.4 Å². The van der Waals surface area contributed by atoms with Crippen LogP contribution >= 0.6 is 0 Å². The van der Waals surface area contributed by atoms with Gasteiger partial charge in [-0.25, -0.2) is 0 Å². The van der Waals surface area contributed by atoms with Gasteiger partial charge in [-0.15, -0.1) is 0 Å². The first-order chi connectivity index (χ1) is 11.2. The Morgan fingerprint density at radius 3 is 1.91 bits per heavy atom. The predicted molar refractivity (Wildman–Crippen MR) is 97.0 cm³/mol. The molecule has 0 bridgehead atoms. The first-order valence-corrected chi connectivity index (χ1v) is 8.47. The normalized spacial score (nSPS) is 11.1. The maximum Gasteiger partial charge on any atom is 0.120 e.